The number of fused-ring (bicyclic) bond motifs is 5. The molecule has 0 fully saturated rings. The normalized spacial score (nSPS) is 16.0. The first kappa shape index (κ1) is 10.8. The summed E-state index contributed by atoms with van der Waals surface area (Å²) in [5, 5.41) is 0.996. The molecular weight excluding hydrogens is 258 g/mol. The van der Waals surface area contributed by atoms with E-state index in [0.717, 1.165) is 27.7 Å². The van der Waals surface area contributed by atoms with Crippen molar-refractivity contribution in [1.82, 2.24) is 4.98 Å². The van der Waals surface area contributed by atoms with Crippen molar-refractivity contribution in [2.45, 2.75) is 10.6 Å². The highest BCUT2D eigenvalue weighted by Crippen LogP contribution is 2.40. The lowest BCUT2D eigenvalue weighted by molar-refractivity contribution is 0.595. The van der Waals surface area contributed by atoms with Gasteiger partial charge in [-0.15, -0.1) is 0 Å². The van der Waals surface area contributed by atoms with Crippen molar-refractivity contribution in [3.63, 3.8) is 0 Å². The average molecular weight is 269 g/mol. The smallest absolute Gasteiger partial charge is 0.183 e. The van der Waals surface area contributed by atoms with Crippen LogP contribution in [0.1, 0.15) is 5.56 Å². The van der Waals surface area contributed by atoms with Gasteiger partial charge >= 0.3 is 0 Å². The van der Waals surface area contributed by atoms with E-state index >= 15 is 0 Å². The molecule has 1 N–H and O–H groups in total. The van der Waals surface area contributed by atoms with Crippen LogP contribution in [0.4, 0.5) is 0 Å². The number of nitrogens with one attached hydrogen (secondary N) is 1. The summed E-state index contributed by atoms with van der Waals surface area (Å²) < 4.78 is 24.7. The zero-order valence-corrected chi connectivity index (χ0v) is 10.9. The Bertz CT molecular complexity index is 907. The second-order valence-corrected chi connectivity index (χ2v) is 6.74. The Hall–Kier alpha value is -2.07. The molecule has 0 bridgehead atoms. The van der Waals surface area contributed by atoms with Gasteiger partial charge in [0.1, 0.15) is 0 Å². The molecule has 2 aromatic carbocycles. The van der Waals surface area contributed by atoms with E-state index in [4.69, 9.17) is 0 Å². The van der Waals surface area contributed by atoms with Crippen molar-refractivity contribution in [3.05, 3.63) is 54.1 Å². The third-order valence-corrected chi connectivity index (χ3v) is 5.33. The minimum absolute atomic E-state index is 0.0728. The van der Waals surface area contributed by atoms with E-state index in [0.29, 0.717) is 4.90 Å². The molecule has 4 rings (SSSR count). The largest absolute Gasteiger partial charge is 0.354 e. The van der Waals surface area contributed by atoms with E-state index in [1.807, 2.05) is 36.4 Å². The number of hydrogen-bond acceptors (Lipinski definition) is 2. The fourth-order valence-electron chi connectivity index (χ4n) is 2.79. The summed E-state index contributed by atoms with van der Waals surface area (Å²) in [4.78, 5) is 3.77. The highest BCUT2D eigenvalue weighted by molar-refractivity contribution is 7.91. The first-order valence-electron chi connectivity index (χ1n) is 6.08. The lowest BCUT2D eigenvalue weighted by Crippen LogP contribution is -2.12. The monoisotopic (exact) mass is 269 g/mol. The molecular formula is C15H11NO2S. The molecule has 0 atom stereocenters. The third kappa shape index (κ3) is 1.40. The average Bonchev–Trinajstić information content (AvgIpc) is 2.77. The summed E-state index contributed by atoms with van der Waals surface area (Å²) >= 11 is 0. The molecule has 0 aliphatic carbocycles. The summed E-state index contributed by atoms with van der Waals surface area (Å²) in [7, 11) is -3.24. The van der Waals surface area contributed by atoms with Crippen molar-refractivity contribution in [1.29, 1.82) is 0 Å². The molecule has 19 heavy (non-hydrogen) atoms. The van der Waals surface area contributed by atoms with E-state index in [1.54, 1.807) is 12.1 Å². The Morgan fingerprint density at radius 2 is 1.68 bits per heavy atom. The number of hydrogen-bond donors (Lipinski definition) is 1. The molecule has 3 aromatic rings. The molecule has 0 saturated heterocycles. The fourth-order valence-corrected chi connectivity index (χ4v) is 4.42. The lowest BCUT2D eigenvalue weighted by Gasteiger charge is -2.16. The van der Waals surface area contributed by atoms with Crippen LogP contribution in [-0.2, 0) is 15.6 Å². The van der Waals surface area contributed by atoms with E-state index in [2.05, 4.69) is 4.98 Å². The van der Waals surface area contributed by atoms with Gasteiger partial charge < -0.3 is 4.98 Å². The minimum atomic E-state index is -3.24. The molecule has 1 aromatic heterocycles. The van der Waals surface area contributed by atoms with Gasteiger partial charge in [0, 0.05) is 22.0 Å². The van der Waals surface area contributed by atoms with E-state index in [9.17, 15) is 8.42 Å². The van der Waals surface area contributed by atoms with Gasteiger partial charge in [-0.2, -0.15) is 0 Å². The van der Waals surface area contributed by atoms with Gasteiger partial charge in [0.25, 0.3) is 0 Å². The third-order valence-electron chi connectivity index (χ3n) is 3.64. The van der Waals surface area contributed by atoms with Gasteiger partial charge in [0.05, 0.1) is 16.3 Å². The molecule has 0 amide bonds. The number of aromatic nitrogens is 1. The summed E-state index contributed by atoms with van der Waals surface area (Å²) in [5.74, 6) is 0.0728. The van der Waals surface area contributed by atoms with Crippen LogP contribution in [0, 0.1) is 0 Å². The molecule has 0 radical (unpaired) electrons. The van der Waals surface area contributed by atoms with Crippen molar-refractivity contribution in [2.75, 3.05) is 0 Å². The second-order valence-electron chi connectivity index (χ2n) is 4.78. The quantitative estimate of drug-likeness (QED) is 0.681. The highest BCUT2D eigenvalue weighted by Gasteiger charge is 2.30. The first-order valence-corrected chi connectivity index (χ1v) is 7.74. The fraction of sp³-hybridized carbons (Fsp3) is 0.0667. The second kappa shape index (κ2) is 3.48. The SMILES string of the molecule is O=S1(=O)Cc2c([nH]c3ccccc23)-c2ccccc21. The van der Waals surface area contributed by atoms with Crippen molar-refractivity contribution in [2.24, 2.45) is 0 Å². The minimum Gasteiger partial charge on any atom is -0.354 e. The zero-order valence-electron chi connectivity index (χ0n) is 10.1. The molecule has 4 heteroatoms. The topological polar surface area (TPSA) is 49.9 Å². The number of para-hydroxylation sites is 1. The maximum atomic E-state index is 12.4. The maximum absolute atomic E-state index is 12.4. The summed E-state index contributed by atoms with van der Waals surface area (Å²) in [6.07, 6.45) is 0. The Morgan fingerprint density at radius 1 is 0.947 bits per heavy atom. The van der Waals surface area contributed by atoms with Gasteiger partial charge in [0.2, 0.25) is 0 Å². The summed E-state index contributed by atoms with van der Waals surface area (Å²) in [6, 6.07) is 15.0. The Morgan fingerprint density at radius 3 is 2.58 bits per heavy atom. The van der Waals surface area contributed by atoms with Crippen LogP contribution in [0.15, 0.2) is 53.4 Å². The van der Waals surface area contributed by atoms with Crippen LogP contribution in [0.2, 0.25) is 0 Å². The first-order chi connectivity index (χ1) is 9.17. The van der Waals surface area contributed by atoms with Gasteiger partial charge in [-0.05, 0) is 12.1 Å². The summed E-state index contributed by atoms with van der Waals surface area (Å²) in [5.41, 5.74) is 3.58. The van der Waals surface area contributed by atoms with Crippen LogP contribution in [-0.4, -0.2) is 13.4 Å². The van der Waals surface area contributed by atoms with E-state index in [-0.39, 0.29) is 5.75 Å². The van der Waals surface area contributed by atoms with Crippen molar-refractivity contribution in [3.8, 4) is 11.3 Å². The number of benzene rings is 2. The molecule has 94 valence electrons. The van der Waals surface area contributed by atoms with Crippen LogP contribution in [0.5, 0.6) is 0 Å². The van der Waals surface area contributed by atoms with Crippen molar-refractivity contribution >= 4 is 20.7 Å². The van der Waals surface area contributed by atoms with Gasteiger partial charge in [-0.3, -0.25) is 0 Å². The van der Waals surface area contributed by atoms with Gasteiger partial charge in [-0.25, -0.2) is 8.42 Å². The van der Waals surface area contributed by atoms with Gasteiger partial charge in [0.15, 0.2) is 9.84 Å². The molecule has 0 saturated carbocycles. The number of H-pyrrole nitrogens is 1. The van der Waals surface area contributed by atoms with Gasteiger partial charge in [-0.1, -0.05) is 36.4 Å². The maximum Gasteiger partial charge on any atom is 0.183 e. The standard InChI is InChI=1S/C15H11NO2S/c17-19(18)9-12-10-5-1-3-7-13(10)16-15(12)11-6-2-4-8-14(11)19/h1-8,16H,9H2. The Balaban J connectivity index is 2.19. The number of aromatic amines is 1. The lowest BCUT2D eigenvalue weighted by atomic mass is 10.1. The Kier molecular flexibility index (Phi) is 1.98. The van der Waals surface area contributed by atoms with Crippen LogP contribution in [0.3, 0.4) is 0 Å². The van der Waals surface area contributed by atoms with Crippen LogP contribution in [0.25, 0.3) is 22.2 Å². The van der Waals surface area contributed by atoms with Crippen LogP contribution >= 0.6 is 0 Å². The molecule has 1 aliphatic heterocycles. The Labute approximate surface area is 110 Å². The van der Waals surface area contributed by atoms with E-state index in [1.165, 1.54) is 0 Å². The summed E-state index contributed by atoms with van der Waals surface area (Å²) in [6.45, 7) is 0. The molecule has 0 spiro atoms. The number of sulfone groups is 1. The van der Waals surface area contributed by atoms with Crippen LogP contribution < -0.4 is 0 Å². The predicted molar refractivity (Wildman–Crippen MR) is 74.6 cm³/mol. The zero-order chi connectivity index (χ0) is 13.0. The highest BCUT2D eigenvalue weighted by atomic mass is 32.2. The molecule has 3 nitrogen and oxygen atoms in total. The molecule has 1 aliphatic rings. The van der Waals surface area contributed by atoms with E-state index < -0.39 is 9.84 Å². The van der Waals surface area contributed by atoms with Crippen molar-refractivity contribution < 1.29 is 8.42 Å². The molecule has 2 heterocycles. The molecule has 0 unspecified atom stereocenters. The predicted octanol–water partition coefficient (Wildman–Crippen LogP) is 3.12. The number of rotatable bonds is 0.